The smallest absolute Gasteiger partial charge is 0.369 e. The number of carbonyl (C=O) groups is 1. The fourth-order valence-electron chi connectivity index (χ4n) is 3.81. The molecule has 0 N–H and O–H groups in total. The lowest BCUT2D eigenvalue weighted by atomic mass is 10.0. The number of hydrogen-bond acceptors (Lipinski definition) is 4. The van der Waals surface area contributed by atoms with Crippen LogP contribution >= 0.6 is 0 Å². The summed E-state index contributed by atoms with van der Waals surface area (Å²) in [5.41, 5.74) is 0.768. The van der Waals surface area contributed by atoms with Gasteiger partial charge in [-0.25, -0.2) is 0 Å². The third-order valence-electron chi connectivity index (χ3n) is 5.48. The molecule has 1 aliphatic heterocycles. The van der Waals surface area contributed by atoms with Crippen LogP contribution in [-0.4, -0.2) is 60.0 Å². The van der Waals surface area contributed by atoms with Crippen LogP contribution in [0.25, 0.3) is 0 Å². The molecule has 1 fully saturated rings. The number of alkyl halides is 3. The predicted molar refractivity (Wildman–Crippen MR) is 112 cm³/mol. The van der Waals surface area contributed by atoms with Gasteiger partial charge in [0, 0.05) is 38.3 Å². The maximum atomic E-state index is 13.3. The zero-order valence-electron chi connectivity index (χ0n) is 17.9. The van der Waals surface area contributed by atoms with E-state index in [0.717, 1.165) is 6.07 Å². The minimum absolute atomic E-state index is 0.0797. The molecule has 5 nitrogen and oxygen atoms in total. The Hall–Kier alpha value is -2.45. The predicted octanol–water partition coefficient (Wildman–Crippen LogP) is 3.93. The summed E-state index contributed by atoms with van der Waals surface area (Å²) in [5.74, 6) is 0.0797. The molecule has 168 valence electrons. The average molecular weight is 435 g/mol. The van der Waals surface area contributed by atoms with Gasteiger partial charge in [0.2, 0.25) is 5.91 Å². The lowest BCUT2D eigenvalue weighted by molar-refractivity contribution is -0.138. The molecule has 0 saturated carbocycles. The van der Waals surface area contributed by atoms with Crippen LogP contribution in [0.3, 0.4) is 0 Å². The van der Waals surface area contributed by atoms with Crippen molar-refractivity contribution in [1.29, 1.82) is 0 Å². The van der Waals surface area contributed by atoms with Gasteiger partial charge in [-0.3, -0.25) is 14.7 Å². The summed E-state index contributed by atoms with van der Waals surface area (Å²) in [4.78, 5) is 20.8. The van der Waals surface area contributed by atoms with Gasteiger partial charge in [0.25, 0.3) is 0 Å². The molecule has 2 aromatic rings. The number of halogens is 3. The van der Waals surface area contributed by atoms with Crippen LogP contribution < -0.4 is 0 Å². The van der Waals surface area contributed by atoms with Crippen molar-refractivity contribution in [2.75, 3.05) is 39.3 Å². The van der Waals surface area contributed by atoms with Crippen LogP contribution in [0.4, 0.5) is 13.2 Å². The molecule has 8 heteroatoms. The van der Waals surface area contributed by atoms with Crippen molar-refractivity contribution in [2.45, 2.75) is 32.5 Å². The SMILES string of the molecule is CCN(CC)C(=O)CN1CCOC(c2cccc(Cc3ccccc3C(F)(F)F)n2)C1. The molecule has 0 aliphatic carbocycles. The van der Waals surface area contributed by atoms with E-state index in [1.807, 2.05) is 24.8 Å². The van der Waals surface area contributed by atoms with Crippen LogP contribution in [0, 0.1) is 0 Å². The molecule has 0 bridgehead atoms. The Kier molecular flexibility index (Phi) is 7.67. The largest absolute Gasteiger partial charge is 0.416 e. The van der Waals surface area contributed by atoms with E-state index in [0.29, 0.717) is 50.7 Å². The quantitative estimate of drug-likeness (QED) is 0.661. The van der Waals surface area contributed by atoms with E-state index in [4.69, 9.17) is 4.74 Å². The lowest BCUT2D eigenvalue weighted by Gasteiger charge is -2.33. The number of amides is 1. The van der Waals surface area contributed by atoms with E-state index in [1.54, 1.807) is 23.1 Å². The van der Waals surface area contributed by atoms with Crippen LogP contribution in [0.1, 0.15) is 42.5 Å². The molecule has 1 aromatic carbocycles. The van der Waals surface area contributed by atoms with Crippen LogP contribution in [0.15, 0.2) is 42.5 Å². The zero-order valence-corrected chi connectivity index (χ0v) is 17.9. The minimum atomic E-state index is -4.40. The first-order chi connectivity index (χ1) is 14.8. The highest BCUT2D eigenvalue weighted by atomic mass is 19.4. The highest BCUT2D eigenvalue weighted by molar-refractivity contribution is 5.78. The Balaban J connectivity index is 1.71. The summed E-state index contributed by atoms with van der Waals surface area (Å²) in [6, 6.07) is 10.9. The fraction of sp³-hybridized carbons (Fsp3) is 0.478. The summed E-state index contributed by atoms with van der Waals surface area (Å²) in [6.07, 6.45) is -4.64. The zero-order chi connectivity index (χ0) is 22.4. The van der Waals surface area contributed by atoms with Crippen molar-refractivity contribution in [3.63, 3.8) is 0 Å². The topological polar surface area (TPSA) is 45.7 Å². The number of ether oxygens (including phenoxy) is 1. The number of rotatable bonds is 7. The van der Waals surface area contributed by atoms with Gasteiger partial charge in [-0.2, -0.15) is 13.2 Å². The summed E-state index contributed by atoms with van der Waals surface area (Å²) in [7, 11) is 0. The Morgan fingerprint density at radius 1 is 1.16 bits per heavy atom. The van der Waals surface area contributed by atoms with Crippen molar-refractivity contribution >= 4 is 5.91 Å². The van der Waals surface area contributed by atoms with Crippen molar-refractivity contribution in [2.24, 2.45) is 0 Å². The van der Waals surface area contributed by atoms with Gasteiger partial charge in [-0.15, -0.1) is 0 Å². The molecule has 0 spiro atoms. The first-order valence-electron chi connectivity index (χ1n) is 10.5. The highest BCUT2D eigenvalue weighted by Gasteiger charge is 2.33. The Labute approximate surface area is 180 Å². The molecule has 1 aliphatic rings. The standard InChI is InChI=1S/C23H28F3N3O2/c1-3-29(4-2)22(30)16-28-12-13-31-21(15-28)20-11-7-9-18(27-20)14-17-8-5-6-10-19(17)23(24,25)26/h5-11,21H,3-4,12-16H2,1-2H3. The van der Waals surface area contributed by atoms with Crippen molar-refractivity contribution in [3.05, 3.63) is 65.0 Å². The second-order valence-electron chi connectivity index (χ2n) is 7.55. The molecule has 31 heavy (non-hydrogen) atoms. The Morgan fingerprint density at radius 2 is 1.90 bits per heavy atom. The van der Waals surface area contributed by atoms with Crippen LogP contribution in [0.5, 0.6) is 0 Å². The van der Waals surface area contributed by atoms with E-state index >= 15 is 0 Å². The molecule has 2 heterocycles. The maximum absolute atomic E-state index is 13.3. The fourth-order valence-corrected chi connectivity index (χ4v) is 3.81. The molecular weight excluding hydrogens is 407 g/mol. The van der Waals surface area contributed by atoms with E-state index in [9.17, 15) is 18.0 Å². The number of likely N-dealkylation sites (N-methyl/N-ethyl adjacent to an activating group) is 1. The highest BCUT2D eigenvalue weighted by Crippen LogP contribution is 2.32. The van der Waals surface area contributed by atoms with Crippen LogP contribution in [-0.2, 0) is 22.1 Å². The molecule has 1 aromatic heterocycles. The second-order valence-corrected chi connectivity index (χ2v) is 7.55. The van der Waals surface area contributed by atoms with E-state index in [-0.39, 0.29) is 24.0 Å². The monoisotopic (exact) mass is 435 g/mol. The number of benzene rings is 1. The first-order valence-corrected chi connectivity index (χ1v) is 10.5. The van der Waals surface area contributed by atoms with Gasteiger partial charge < -0.3 is 9.64 Å². The van der Waals surface area contributed by atoms with Gasteiger partial charge in [0.1, 0.15) is 6.10 Å². The van der Waals surface area contributed by atoms with Crippen LogP contribution in [0.2, 0.25) is 0 Å². The second kappa shape index (κ2) is 10.2. The van der Waals surface area contributed by atoms with E-state index < -0.39 is 11.7 Å². The maximum Gasteiger partial charge on any atom is 0.416 e. The first kappa shape index (κ1) is 23.2. The molecule has 1 unspecified atom stereocenters. The Morgan fingerprint density at radius 3 is 2.61 bits per heavy atom. The number of nitrogens with zero attached hydrogens (tertiary/aromatic N) is 3. The number of pyridine rings is 1. The summed E-state index contributed by atoms with van der Waals surface area (Å²) in [6.45, 7) is 7.22. The van der Waals surface area contributed by atoms with Crippen molar-refractivity contribution in [1.82, 2.24) is 14.8 Å². The molecule has 0 radical (unpaired) electrons. The summed E-state index contributed by atoms with van der Waals surface area (Å²) in [5, 5.41) is 0. The molecule has 1 saturated heterocycles. The van der Waals surface area contributed by atoms with E-state index in [2.05, 4.69) is 4.98 Å². The third kappa shape index (κ3) is 6.04. The van der Waals surface area contributed by atoms with Gasteiger partial charge in [0.15, 0.2) is 0 Å². The van der Waals surface area contributed by atoms with Gasteiger partial charge in [-0.1, -0.05) is 24.3 Å². The number of aromatic nitrogens is 1. The average Bonchev–Trinajstić information content (AvgIpc) is 2.75. The van der Waals surface area contributed by atoms with Gasteiger partial charge in [0.05, 0.1) is 24.4 Å². The molecule has 1 amide bonds. The summed E-state index contributed by atoms with van der Waals surface area (Å²) < 4.78 is 45.8. The van der Waals surface area contributed by atoms with Gasteiger partial charge >= 0.3 is 6.18 Å². The van der Waals surface area contributed by atoms with Gasteiger partial charge in [-0.05, 0) is 37.6 Å². The normalized spacial score (nSPS) is 17.5. The minimum Gasteiger partial charge on any atom is -0.369 e. The molecular formula is C23H28F3N3O2. The number of hydrogen-bond donors (Lipinski definition) is 0. The van der Waals surface area contributed by atoms with E-state index in [1.165, 1.54) is 12.1 Å². The third-order valence-corrected chi connectivity index (χ3v) is 5.48. The lowest BCUT2D eigenvalue weighted by Crippen LogP contribution is -2.45. The van der Waals surface area contributed by atoms with Crippen molar-refractivity contribution < 1.29 is 22.7 Å². The molecule has 1 atom stereocenters. The molecule has 3 rings (SSSR count). The number of morpholine rings is 1. The number of carbonyl (C=O) groups excluding carboxylic acids is 1. The summed E-state index contributed by atoms with van der Waals surface area (Å²) >= 11 is 0. The van der Waals surface area contributed by atoms with Crippen molar-refractivity contribution in [3.8, 4) is 0 Å². The Bertz CT molecular complexity index is 884.